The standard InChI is InChI=1S/C16H26/c1-5-6-8-14-9-7-10-15(13-14)11-12-16(2,3)4/h7,9-10,13H,5-6,8,11-12H2,1-4H3. The molecule has 0 aromatic heterocycles. The molecule has 0 bridgehead atoms. The molecule has 0 saturated carbocycles. The quantitative estimate of drug-likeness (QED) is 0.652. The van der Waals surface area contributed by atoms with Crippen molar-refractivity contribution in [2.24, 2.45) is 5.41 Å². The summed E-state index contributed by atoms with van der Waals surface area (Å²) >= 11 is 0. The first kappa shape index (κ1) is 13.3. The molecule has 0 spiro atoms. The number of aryl methyl sites for hydroxylation is 2. The first-order chi connectivity index (χ1) is 7.51. The van der Waals surface area contributed by atoms with Crippen molar-refractivity contribution in [3.8, 4) is 0 Å². The lowest BCUT2D eigenvalue weighted by molar-refractivity contribution is 0.378. The molecular weight excluding hydrogens is 192 g/mol. The van der Waals surface area contributed by atoms with Crippen molar-refractivity contribution in [2.45, 2.75) is 59.8 Å². The minimum atomic E-state index is 0.444. The van der Waals surface area contributed by atoms with Crippen molar-refractivity contribution >= 4 is 0 Å². The normalized spacial score (nSPS) is 11.8. The van der Waals surface area contributed by atoms with Gasteiger partial charge in [-0.3, -0.25) is 0 Å². The smallest absolute Gasteiger partial charge is 0.0274 e. The molecule has 0 fully saturated rings. The zero-order valence-corrected chi connectivity index (χ0v) is 11.3. The van der Waals surface area contributed by atoms with E-state index in [1.807, 2.05) is 0 Å². The predicted octanol–water partition coefficient (Wildman–Crippen LogP) is 5.01. The van der Waals surface area contributed by atoms with Crippen LogP contribution >= 0.6 is 0 Å². The van der Waals surface area contributed by atoms with E-state index in [-0.39, 0.29) is 0 Å². The van der Waals surface area contributed by atoms with Gasteiger partial charge in [-0.05, 0) is 42.2 Å². The molecule has 16 heavy (non-hydrogen) atoms. The Morgan fingerprint density at radius 1 is 1.00 bits per heavy atom. The van der Waals surface area contributed by atoms with Gasteiger partial charge in [-0.2, -0.15) is 0 Å². The Hall–Kier alpha value is -0.780. The monoisotopic (exact) mass is 218 g/mol. The van der Waals surface area contributed by atoms with Crippen LogP contribution in [0.4, 0.5) is 0 Å². The van der Waals surface area contributed by atoms with E-state index >= 15 is 0 Å². The maximum Gasteiger partial charge on any atom is -0.0274 e. The van der Waals surface area contributed by atoms with Crippen molar-refractivity contribution in [1.29, 1.82) is 0 Å². The molecule has 1 rings (SSSR count). The Morgan fingerprint density at radius 3 is 2.19 bits per heavy atom. The third kappa shape index (κ3) is 5.34. The van der Waals surface area contributed by atoms with Gasteiger partial charge in [0, 0.05) is 0 Å². The van der Waals surface area contributed by atoms with Gasteiger partial charge < -0.3 is 0 Å². The zero-order valence-electron chi connectivity index (χ0n) is 11.3. The van der Waals surface area contributed by atoms with E-state index in [2.05, 4.69) is 52.0 Å². The van der Waals surface area contributed by atoms with E-state index in [9.17, 15) is 0 Å². The average molecular weight is 218 g/mol. The Labute approximate surface area is 101 Å². The van der Waals surface area contributed by atoms with Gasteiger partial charge in [0.05, 0.1) is 0 Å². The fourth-order valence-electron chi connectivity index (χ4n) is 1.84. The first-order valence-corrected chi connectivity index (χ1v) is 6.59. The van der Waals surface area contributed by atoms with Crippen LogP contribution in [0.2, 0.25) is 0 Å². The van der Waals surface area contributed by atoms with Gasteiger partial charge in [0.15, 0.2) is 0 Å². The molecule has 0 saturated heterocycles. The second-order valence-corrected chi connectivity index (χ2v) is 5.98. The maximum absolute atomic E-state index is 2.39. The van der Waals surface area contributed by atoms with E-state index in [4.69, 9.17) is 0 Å². The second kappa shape index (κ2) is 6.08. The van der Waals surface area contributed by atoms with E-state index in [0.29, 0.717) is 5.41 Å². The summed E-state index contributed by atoms with van der Waals surface area (Å²) in [4.78, 5) is 0. The van der Waals surface area contributed by atoms with Crippen LogP contribution in [-0.2, 0) is 12.8 Å². The SMILES string of the molecule is CCCCc1cccc(CCC(C)(C)C)c1. The van der Waals surface area contributed by atoms with Crippen LogP contribution in [0.3, 0.4) is 0 Å². The lowest BCUT2D eigenvalue weighted by Gasteiger charge is -2.17. The van der Waals surface area contributed by atoms with Crippen LogP contribution in [0.1, 0.15) is 58.1 Å². The van der Waals surface area contributed by atoms with E-state index in [1.54, 1.807) is 0 Å². The van der Waals surface area contributed by atoms with E-state index in [1.165, 1.54) is 43.2 Å². The average Bonchev–Trinajstić information content (AvgIpc) is 2.23. The minimum Gasteiger partial charge on any atom is -0.0654 e. The number of hydrogen-bond acceptors (Lipinski definition) is 0. The number of hydrogen-bond donors (Lipinski definition) is 0. The topological polar surface area (TPSA) is 0 Å². The zero-order chi connectivity index (χ0) is 12.0. The first-order valence-electron chi connectivity index (χ1n) is 6.59. The van der Waals surface area contributed by atoms with Gasteiger partial charge >= 0.3 is 0 Å². The molecule has 0 N–H and O–H groups in total. The largest absolute Gasteiger partial charge is 0.0654 e. The molecule has 0 heteroatoms. The summed E-state index contributed by atoms with van der Waals surface area (Å²) in [5.74, 6) is 0. The summed E-state index contributed by atoms with van der Waals surface area (Å²) in [5, 5.41) is 0. The summed E-state index contributed by atoms with van der Waals surface area (Å²) < 4.78 is 0. The van der Waals surface area contributed by atoms with Crippen LogP contribution in [0.15, 0.2) is 24.3 Å². The van der Waals surface area contributed by atoms with Crippen LogP contribution in [0.25, 0.3) is 0 Å². The summed E-state index contributed by atoms with van der Waals surface area (Å²) in [7, 11) is 0. The van der Waals surface area contributed by atoms with Gasteiger partial charge in [0.2, 0.25) is 0 Å². The molecule has 0 radical (unpaired) electrons. The molecule has 0 aliphatic rings. The highest BCUT2D eigenvalue weighted by molar-refractivity contribution is 5.23. The Bertz CT molecular complexity index is 304. The number of benzene rings is 1. The van der Waals surface area contributed by atoms with Crippen LogP contribution < -0.4 is 0 Å². The molecule has 90 valence electrons. The fourth-order valence-corrected chi connectivity index (χ4v) is 1.84. The molecule has 0 aliphatic carbocycles. The molecular formula is C16H26. The van der Waals surface area contributed by atoms with Crippen molar-refractivity contribution in [2.75, 3.05) is 0 Å². The predicted molar refractivity (Wildman–Crippen MR) is 72.8 cm³/mol. The van der Waals surface area contributed by atoms with Gasteiger partial charge in [-0.1, -0.05) is 58.4 Å². The Balaban J connectivity index is 2.53. The minimum absolute atomic E-state index is 0.444. The van der Waals surface area contributed by atoms with E-state index in [0.717, 1.165) is 0 Å². The Kier molecular flexibility index (Phi) is 5.05. The highest BCUT2D eigenvalue weighted by Crippen LogP contribution is 2.21. The molecule has 0 atom stereocenters. The van der Waals surface area contributed by atoms with Crippen LogP contribution in [-0.4, -0.2) is 0 Å². The third-order valence-electron chi connectivity index (χ3n) is 2.97. The van der Waals surface area contributed by atoms with Gasteiger partial charge in [0.25, 0.3) is 0 Å². The van der Waals surface area contributed by atoms with Gasteiger partial charge in [0.1, 0.15) is 0 Å². The van der Waals surface area contributed by atoms with Crippen LogP contribution in [0.5, 0.6) is 0 Å². The highest BCUT2D eigenvalue weighted by Gasteiger charge is 2.09. The molecule has 0 nitrogen and oxygen atoms in total. The second-order valence-electron chi connectivity index (χ2n) is 5.98. The number of unbranched alkanes of at least 4 members (excludes halogenated alkanes) is 1. The molecule has 0 aliphatic heterocycles. The molecule has 0 amide bonds. The summed E-state index contributed by atoms with van der Waals surface area (Å²) in [6, 6.07) is 9.13. The van der Waals surface area contributed by atoms with Crippen molar-refractivity contribution in [3.63, 3.8) is 0 Å². The van der Waals surface area contributed by atoms with E-state index < -0.39 is 0 Å². The van der Waals surface area contributed by atoms with Crippen LogP contribution in [0, 0.1) is 5.41 Å². The highest BCUT2D eigenvalue weighted by atomic mass is 14.1. The summed E-state index contributed by atoms with van der Waals surface area (Å²) in [5.41, 5.74) is 3.45. The lowest BCUT2D eigenvalue weighted by atomic mass is 9.88. The summed E-state index contributed by atoms with van der Waals surface area (Å²) in [6.45, 7) is 9.19. The molecule has 0 unspecified atom stereocenters. The van der Waals surface area contributed by atoms with Gasteiger partial charge in [-0.15, -0.1) is 0 Å². The maximum atomic E-state index is 2.39. The lowest BCUT2D eigenvalue weighted by Crippen LogP contribution is -2.06. The fraction of sp³-hybridized carbons (Fsp3) is 0.625. The molecule has 0 heterocycles. The van der Waals surface area contributed by atoms with Crippen molar-refractivity contribution in [3.05, 3.63) is 35.4 Å². The number of rotatable bonds is 5. The third-order valence-corrected chi connectivity index (χ3v) is 2.97. The van der Waals surface area contributed by atoms with Crippen molar-refractivity contribution in [1.82, 2.24) is 0 Å². The summed E-state index contributed by atoms with van der Waals surface area (Å²) in [6.07, 6.45) is 6.31. The molecule has 1 aromatic carbocycles. The molecule has 1 aromatic rings. The Morgan fingerprint density at radius 2 is 1.62 bits per heavy atom. The van der Waals surface area contributed by atoms with Gasteiger partial charge in [-0.25, -0.2) is 0 Å². The van der Waals surface area contributed by atoms with Crippen molar-refractivity contribution < 1.29 is 0 Å².